The van der Waals surface area contributed by atoms with Crippen LogP contribution in [-0.4, -0.2) is 44.8 Å². The van der Waals surface area contributed by atoms with Gasteiger partial charge in [-0.1, -0.05) is 35.6 Å². The molecule has 1 aromatic heterocycles. The number of fused-ring (bicyclic) bond motifs is 2. The summed E-state index contributed by atoms with van der Waals surface area (Å²) in [6.07, 6.45) is 0. The van der Waals surface area contributed by atoms with Crippen LogP contribution in [0.2, 0.25) is 0 Å². The fourth-order valence-electron chi connectivity index (χ4n) is 4.67. The number of carbonyl (C=O) groups excluding carboxylic acids is 2. The molecule has 2 aromatic carbocycles. The van der Waals surface area contributed by atoms with Gasteiger partial charge in [0.15, 0.2) is 16.3 Å². The topological polar surface area (TPSA) is 99.4 Å². The second-order valence-electron chi connectivity index (χ2n) is 8.26. The summed E-state index contributed by atoms with van der Waals surface area (Å²) >= 11 is 1.13. The van der Waals surface area contributed by atoms with Crippen LogP contribution < -0.4 is 29.3 Å². The zero-order valence-corrected chi connectivity index (χ0v) is 21.1. The summed E-state index contributed by atoms with van der Waals surface area (Å²) in [5, 5.41) is 0. The molecular weight excluding hydrogens is 482 g/mol. The van der Waals surface area contributed by atoms with Gasteiger partial charge in [0.05, 0.1) is 49.9 Å². The lowest BCUT2D eigenvalue weighted by Crippen LogP contribution is -2.40. The molecule has 2 aliphatic heterocycles. The van der Waals surface area contributed by atoms with E-state index in [1.807, 2.05) is 24.3 Å². The number of ether oxygens (including phenoxy) is 3. The van der Waals surface area contributed by atoms with Crippen molar-refractivity contribution in [2.24, 2.45) is 4.99 Å². The number of hydrogen-bond acceptors (Lipinski definition) is 8. The summed E-state index contributed by atoms with van der Waals surface area (Å²) < 4.78 is 17.6. The van der Waals surface area contributed by atoms with Gasteiger partial charge in [-0.05, 0) is 30.7 Å². The maximum atomic E-state index is 14.0. The highest BCUT2D eigenvalue weighted by Gasteiger charge is 2.36. The summed E-state index contributed by atoms with van der Waals surface area (Å²) in [6, 6.07) is 11.7. The number of hydrogen-bond donors (Lipinski definition) is 0. The molecule has 3 heterocycles. The van der Waals surface area contributed by atoms with E-state index in [0.717, 1.165) is 17.0 Å². The Hall–Kier alpha value is -4.18. The number of likely N-dealkylation sites (N-methyl/N-ethyl adjacent to an activating group) is 1. The van der Waals surface area contributed by atoms with Gasteiger partial charge in [-0.25, -0.2) is 9.79 Å². The standard InChI is InChI=1S/C26H23N3O6S/c1-13-19(25(32)35-5)21(14-10-11-17(33-3)18(12-14)34-4)29-24(31)22(36-26(29)27-13)20-15-8-6-7-9-16(15)28(2)23(20)30/h6-12,21H,1-5H3/b22-20-/t21-/m1/s1. The number of anilines is 1. The number of carbonyl (C=O) groups is 2. The van der Waals surface area contributed by atoms with Crippen molar-refractivity contribution in [1.82, 2.24) is 4.57 Å². The van der Waals surface area contributed by atoms with Crippen LogP contribution in [0.3, 0.4) is 0 Å². The molecule has 0 N–H and O–H groups in total. The third-order valence-electron chi connectivity index (χ3n) is 6.41. The van der Waals surface area contributed by atoms with Gasteiger partial charge in [0.2, 0.25) is 0 Å². The number of rotatable bonds is 4. The van der Waals surface area contributed by atoms with E-state index < -0.39 is 17.6 Å². The maximum absolute atomic E-state index is 14.0. The fraction of sp³-hybridized carbons (Fsp3) is 0.231. The van der Waals surface area contributed by atoms with Gasteiger partial charge in [-0.2, -0.15) is 0 Å². The molecule has 184 valence electrons. The SMILES string of the molecule is COC(=O)C1=C(C)N=c2s/c(=C3\C(=O)N(C)c4ccccc43)c(=O)n2[C@@H]1c1ccc(OC)c(OC)c1. The number of benzene rings is 2. The first kappa shape index (κ1) is 23.6. The molecule has 36 heavy (non-hydrogen) atoms. The molecule has 10 heteroatoms. The second kappa shape index (κ2) is 8.80. The Labute approximate surface area is 210 Å². The van der Waals surface area contributed by atoms with E-state index in [0.29, 0.717) is 38.7 Å². The van der Waals surface area contributed by atoms with Crippen LogP contribution in [-0.2, 0) is 14.3 Å². The summed E-state index contributed by atoms with van der Waals surface area (Å²) in [5.41, 5.74) is 2.58. The zero-order valence-electron chi connectivity index (χ0n) is 20.3. The van der Waals surface area contributed by atoms with E-state index in [1.54, 1.807) is 32.2 Å². The van der Waals surface area contributed by atoms with E-state index in [-0.39, 0.29) is 16.0 Å². The van der Waals surface area contributed by atoms with Crippen LogP contribution in [0.4, 0.5) is 5.69 Å². The molecule has 0 unspecified atom stereocenters. The van der Waals surface area contributed by atoms with Crippen LogP contribution in [0.1, 0.15) is 24.1 Å². The highest BCUT2D eigenvalue weighted by molar-refractivity contribution is 7.07. The van der Waals surface area contributed by atoms with Gasteiger partial charge in [-0.3, -0.25) is 14.2 Å². The van der Waals surface area contributed by atoms with Gasteiger partial charge in [0.25, 0.3) is 11.5 Å². The molecule has 0 radical (unpaired) electrons. The predicted octanol–water partition coefficient (Wildman–Crippen LogP) is 1.77. The number of para-hydroxylation sites is 1. The molecule has 1 amide bonds. The average molecular weight is 506 g/mol. The van der Waals surface area contributed by atoms with Crippen molar-refractivity contribution in [2.45, 2.75) is 13.0 Å². The molecule has 0 aliphatic carbocycles. The summed E-state index contributed by atoms with van der Waals surface area (Å²) in [5.74, 6) is 0.0803. The Morgan fingerprint density at radius 3 is 2.44 bits per heavy atom. The van der Waals surface area contributed by atoms with E-state index >= 15 is 0 Å². The lowest BCUT2D eigenvalue weighted by Gasteiger charge is -2.25. The molecule has 0 spiro atoms. The number of thiazole rings is 1. The average Bonchev–Trinajstić information content (AvgIpc) is 3.34. The minimum atomic E-state index is -0.840. The molecule has 5 rings (SSSR count). The Kier molecular flexibility index (Phi) is 5.76. The Balaban J connectivity index is 1.84. The molecule has 1 atom stereocenters. The molecule has 0 fully saturated rings. The quantitative estimate of drug-likeness (QED) is 0.501. The number of amides is 1. The van der Waals surface area contributed by atoms with Crippen LogP contribution in [0, 0.1) is 0 Å². The fourth-order valence-corrected chi connectivity index (χ4v) is 5.81. The van der Waals surface area contributed by atoms with Crippen LogP contribution in [0.25, 0.3) is 5.57 Å². The minimum absolute atomic E-state index is 0.226. The number of esters is 1. The highest BCUT2D eigenvalue weighted by atomic mass is 32.1. The van der Waals surface area contributed by atoms with Crippen molar-refractivity contribution in [3.05, 3.63) is 84.5 Å². The minimum Gasteiger partial charge on any atom is -0.493 e. The number of aromatic nitrogens is 1. The third-order valence-corrected chi connectivity index (χ3v) is 7.46. The monoisotopic (exact) mass is 505 g/mol. The summed E-state index contributed by atoms with van der Waals surface area (Å²) in [4.78, 5) is 46.6. The van der Waals surface area contributed by atoms with E-state index in [1.165, 1.54) is 30.8 Å². The number of methoxy groups -OCH3 is 3. The number of nitrogens with zero attached hydrogens (tertiary/aromatic N) is 3. The summed E-state index contributed by atoms with van der Waals surface area (Å²) in [7, 11) is 6.00. The first-order valence-electron chi connectivity index (χ1n) is 11.0. The Bertz CT molecular complexity index is 1650. The summed E-state index contributed by atoms with van der Waals surface area (Å²) in [6.45, 7) is 1.70. The Morgan fingerprint density at radius 1 is 1.03 bits per heavy atom. The van der Waals surface area contributed by atoms with Crippen molar-refractivity contribution in [2.75, 3.05) is 33.3 Å². The second-order valence-corrected chi connectivity index (χ2v) is 9.24. The van der Waals surface area contributed by atoms with Gasteiger partial charge in [-0.15, -0.1) is 0 Å². The first-order valence-corrected chi connectivity index (χ1v) is 11.9. The number of allylic oxidation sites excluding steroid dienone is 1. The van der Waals surface area contributed by atoms with E-state index in [2.05, 4.69) is 4.99 Å². The smallest absolute Gasteiger partial charge is 0.338 e. The van der Waals surface area contributed by atoms with Crippen molar-refractivity contribution >= 4 is 34.5 Å². The third kappa shape index (κ3) is 3.36. The lowest BCUT2D eigenvalue weighted by atomic mass is 9.95. The van der Waals surface area contributed by atoms with Crippen LogP contribution in [0.5, 0.6) is 11.5 Å². The molecule has 0 saturated carbocycles. The molecule has 3 aromatic rings. The van der Waals surface area contributed by atoms with Crippen molar-refractivity contribution in [1.29, 1.82) is 0 Å². The lowest BCUT2D eigenvalue weighted by molar-refractivity contribution is -0.136. The van der Waals surface area contributed by atoms with E-state index in [4.69, 9.17) is 14.2 Å². The van der Waals surface area contributed by atoms with E-state index in [9.17, 15) is 14.4 Å². The zero-order chi connectivity index (χ0) is 25.7. The molecule has 0 bridgehead atoms. The van der Waals surface area contributed by atoms with Crippen molar-refractivity contribution in [3.63, 3.8) is 0 Å². The van der Waals surface area contributed by atoms with Gasteiger partial charge >= 0.3 is 5.97 Å². The van der Waals surface area contributed by atoms with Crippen LogP contribution >= 0.6 is 11.3 Å². The van der Waals surface area contributed by atoms with Gasteiger partial charge < -0.3 is 19.1 Å². The Morgan fingerprint density at radius 2 is 1.75 bits per heavy atom. The van der Waals surface area contributed by atoms with Crippen molar-refractivity contribution in [3.8, 4) is 11.5 Å². The van der Waals surface area contributed by atoms with Crippen molar-refractivity contribution < 1.29 is 23.8 Å². The molecule has 2 aliphatic rings. The highest BCUT2D eigenvalue weighted by Crippen LogP contribution is 2.37. The largest absolute Gasteiger partial charge is 0.493 e. The normalized spacial score (nSPS) is 18.0. The maximum Gasteiger partial charge on any atom is 0.338 e. The molecular formula is C26H23N3O6S. The molecule has 0 saturated heterocycles. The van der Waals surface area contributed by atoms with Crippen LogP contribution in [0.15, 0.2) is 63.5 Å². The van der Waals surface area contributed by atoms with Gasteiger partial charge in [0.1, 0.15) is 4.53 Å². The molecule has 9 nitrogen and oxygen atoms in total. The van der Waals surface area contributed by atoms with Gasteiger partial charge in [0, 0.05) is 12.6 Å². The predicted molar refractivity (Wildman–Crippen MR) is 134 cm³/mol. The first-order chi connectivity index (χ1) is 17.3.